The molecule has 108 valence electrons. The van der Waals surface area contributed by atoms with Gasteiger partial charge in [-0.25, -0.2) is 0 Å². The molecule has 0 unspecified atom stereocenters. The molecule has 0 radical (unpaired) electrons. The number of hydrogen-bond donors (Lipinski definition) is 2. The number of hydrogen-bond acceptors (Lipinski definition) is 3. The molecule has 0 spiro atoms. The molecule has 0 bridgehead atoms. The van der Waals surface area contributed by atoms with Crippen molar-refractivity contribution in [3.05, 3.63) is 28.8 Å². The van der Waals surface area contributed by atoms with E-state index < -0.39 is 0 Å². The van der Waals surface area contributed by atoms with E-state index in [1.54, 1.807) is 32.3 Å². The average molecular weight is 296 g/mol. The average Bonchev–Trinajstić information content (AvgIpc) is 2.94. The number of nitrogens with one attached hydrogen (secondary N) is 2. The third kappa shape index (κ3) is 3.29. The Kier molecular flexibility index (Phi) is 4.62. The zero-order valence-corrected chi connectivity index (χ0v) is 12.3. The molecule has 2 rings (SSSR count). The van der Waals surface area contributed by atoms with Crippen LogP contribution in [0.5, 0.6) is 0 Å². The minimum Gasteiger partial charge on any atom is -0.345 e. The molecule has 1 atom stereocenters. The van der Waals surface area contributed by atoms with Crippen molar-refractivity contribution in [2.45, 2.75) is 18.9 Å². The van der Waals surface area contributed by atoms with Crippen LogP contribution in [0.4, 0.5) is 5.69 Å². The highest BCUT2D eigenvalue weighted by atomic mass is 35.5. The largest absolute Gasteiger partial charge is 0.345 e. The highest BCUT2D eigenvalue weighted by Crippen LogP contribution is 2.24. The summed E-state index contributed by atoms with van der Waals surface area (Å²) in [4.78, 5) is 25.4. The first-order valence-electron chi connectivity index (χ1n) is 6.54. The fourth-order valence-electron chi connectivity index (χ4n) is 2.14. The summed E-state index contributed by atoms with van der Waals surface area (Å²) in [5.74, 6) is -0.241. The van der Waals surface area contributed by atoms with Gasteiger partial charge in [-0.05, 0) is 37.6 Å². The molecule has 1 aromatic rings. The topological polar surface area (TPSA) is 61.4 Å². The first-order chi connectivity index (χ1) is 9.49. The number of amides is 2. The first-order valence-corrected chi connectivity index (χ1v) is 6.92. The number of nitrogens with zero attached hydrogens (tertiary/aromatic N) is 1. The van der Waals surface area contributed by atoms with Gasteiger partial charge in [0.1, 0.15) is 0 Å². The molecule has 1 aliphatic heterocycles. The molecule has 20 heavy (non-hydrogen) atoms. The summed E-state index contributed by atoms with van der Waals surface area (Å²) < 4.78 is 0. The fourth-order valence-corrected chi connectivity index (χ4v) is 2.31. The molecule has 2 amide bonds. The second-order valence-corrected chi connectivity index (χ2v) is 5.44. The Bertz CT molecular complexity index is 525. The molecule has 1 fully saturated rings. The molecule has 6 heteroatoms. The highest BCUT2D eigenvalue weighted by molar-refractivity contribution is 6.34. The van der Waals surface area contributed by atoms with Gasteiger partial charge in [0.25, 0.3) is 5.91 Å². The van der Waals surface area contributed by atoms with Gasteiger partial charge in [-0.1, -0.05) is 11.6 Å². The summed E-state index contributed by atoms with van der Waals surface area (Å²) in [5, 5.41) is 6.33. The summed E-state index contributed by atoms with van der Waals surface area (Å²) in [6, 6.07) is 4.70. The van der Waals surface area contributed by atoms with Crippen molar-refractivity contribution in [3.8, 4) is 0 Å². The molecule has 2 N–H and O–H groups in total. The zero-order chi connectivity index (χ0) is 14.7. The lowest BCUT2D eigenvalue weighted by Gasteiger charge is -2.15. The van der Waals surface area contributed by atoms with Gasteiger partial charge >= 0.3 is 0 Å². The van der Waals surface area contributed by atoms with Crippen LogP contribution in [-0.2, 0) is 4.79 Å². The van der Waals surface area contributed by atoms with Crippen molar-refractivity contribution in [2.24, 2.45) is 0 Å². The minimum atomic E-state index is -0.181. The van der Waals surface area contributed by atoms with E-state index in [-0.39, 0.29) is 17.9 Å². The predicted octanol–water partition coefficient (Wildman–Crippen LogP) is 1.73. The number of rotatable bonds is 3. The van der Waals surface area contributed by atoms with Gasteiger partial charge in [0, 0.05) is 19.7 Å². The van der Waals surface area contributed by atoms with E-state index >= 15 is 0 Å². The second kappa shape index (κ2) is 6.24. The minimum absolute atomic E-state index is 0.112. The van der Waals surface area contributed by atoms with Crippen LogP contribution in [0.1, 0.15) is 23.2 Å². The Morgan fingerprint density at radius 3 is 2.75 bits per heavy atom. The Morgan fingerprint density at radius 2 is 2.15 bits per heavy atom. The lowest BCUT2D eigenvalue weighted by Crippen LogP contribution is -2.35. The monoisotopic (exact) mass is 295 g/mol. The molecular formula is C14H18ClN3O2. The van der Waals surface area contributed by atoms with Gasteiger partial charge in [0.15, 0.2) is 0 Å². The van der Waals surface area contributed by atoms with Crippen molar-refractivity contribution in [1.82, 2.24) is 10.2 Å². The van der Waals surface area contributed by atoms with E-state index in [4.69, 9.17) is 11.6 Å². The standard InChI is InChI=1S/C14H18ClN3O2/c1-18(2)14(20)9-5-6-10(15)12(8-9)17-13(19)11-4-3-7-16-11/h5-6,8,11,16H,3-4,7H2,1-2H3,(H,17,19)/t11-/m0/s1. The third-order valence-electron chi connectivity index (χ3n) is 3.25. The van der Waals surface area contributed by atoms with Crippen LogP contribution < -0.4 is 10.6 Å². The van der Waals surface area contributed by atoms with Crippen molar-refractivity contribution in [3.63, 3.8) is 0 Å². The van der Waals surface area contributed by atoms with E-state index in [1.165, 1.54) is 4.90 Å². The van der Waals surface area contributed by atoms with Crippen LogP contribution in [0, 0.1) is 0 Å². The number of halogens is 1. The molecule has 1 saturated heterocycles. The van der Waals surface area contributed by atoms with Crippen molar-refractivity contribution >= 4 is 29.1 Å². The maximum absolute atomic E-state index is 12.1. The zero-order valence-electron chi connectivity index (χ0n) is 11.6. The van der Waals surface area contributed by atoms with E-state index in [1.807, 2.05) is 0 Å². The summed E-state index contributed by atoms with van der Waals surface area (Å²) >= 11 is 6.07. The summed E-state index contributed by atoms with van der Waals surface area (Å²) in [6.45, 7) is 0.852. The van der Waals surface area contributed by atoms with E-state index in [0.29, 0.717) is 16.3 Å². The van der Waals surface area contributed by atoms with E-state index in [2.05, 4.69) is 10.6 Å². The number of carbonyl (C=O) groups is 2. The van der Waals surface area contributed by atoms with Crippen LogP contribution >= 0.6 is 11.6 Å². The SMILES string of the molecule is CN(C)C(=O)c1ccc(Cl)c(NC(=O)[C@@H]2CCCN2)c1. The fraction of sp³-hybridized carbons (Fsp3) is 0.429. The van der Waals surface area contributed by atoms with E-state index in [0.717, 1.165) is 19.4 Å². The van der Waals surface area contributed by atoms with Gasteiger partial charge < -0.3 is 15.5 Å². The lowest BCUT2D eigenvalue weighted by molar-refractivity contribution is -0.117. The molecule has 5 nitrogen and oxygen atoms in total. The number of benzene rings is 1. The molecule has 1 aliphatic rings. The molecular weight excluding hydrogens is 278 g/mol. The van der Waals surface area contributed by atoms with E-state index in [9.17, 15) is 9.59 Å². The summed E-state index contributed by atoms with van der Waals surface area (Å²) in [5.41, 5.74) is 0.965. The summed E-state index contributed by atoms with van der Waals surface area (Å²) in [7, 11) is 3.36. The van der Waals surface area contributed by atoms with Crippen LogP contribution in [0.3, 0.4) is 0 Å². The number of carbonyl (C=O) groups excluding carboxylic acids is 2. The quantitative estimate of drug-likeness (QED) is 0.893. The molecule has 0 aromatic heterocycles. The third-order valence-corrected chi connectivity index (χ3v) is 3.58. The second-order valence-electron chi connectivity index (χ2n) is 5.03. The summed E-state index contributed by atoms with van der Waals surface area (Å²) in [6.07, 6.45) is 1.81. The van der Waals surface area contributed by atoms with Crippen molar-refractivity contribution in [1.29, 1.82) is 0 Å². The molecule has 1 heterocycles. The molecule has 0 aliphatic carbocycles. The van der Waals surface area contributed by atoms with Crippen LogP contribution in [0.25, 0.3) is 0 Å². The van der Waals surface area contributed by atoms with Crippen LogP contribution in [-0.4, -0.2) is 43.4 Å². The van der Waals surface area contributed by atoms with Gasteiger partial charge in [-0.3, -0.25) is 9.59 Å². The maximum Gasteiger partial charge on any atom is 0.253 e. The predicted molar refractivity (Wildman–Crippen MR) is 79.1 cm³/mol. The smallest absolute Gasteiger partial charge is 0.253 e. The Labute approximate surface area is 123 Å². The van der Waals surface area contributed by atoms with Crippen molar-refractivity contribution < 1.29 is 9.59 Å². The Hall–Kier alpha value is -1.59. The Balaban J connectivity index is 2.16. The van der Waals surface area contributed by atoms with Gasteiger partial charge in [0.2, 0.25) is 5.91 Å². The molecule has 1 aromatic carbocycles. The van der Waals surface area contributed by atoms with Crippen LogP contribution in [0.15, 0.2) is 18.2 Å². The van der Waals surface area contributed by atoms with Crippen molar-refractivity contribution in [2.75, 3.05) is 26.0 Å². The van der Waals surface area contributed by atoms with Gasteiger partial charge in [-0.2, -0.15) is 0 Å². The Morgan fingerprint density at radius 1 is 1.40 bits per heavy atom. The highest BCUT2D eigenvalue weighted by Gasteiger charge is 2.22. The lowest BCUT2D eigenvalue weighted by atomic mass is 10.1. The van der Waals surface area contributed by atoms with Gasteiger partial charge in [0.05, 0.1) is 16.8 Å². The maximum atomic E-state index is 12.1. The van der Waals surface area contributed by atoms with Crippen LogP contribution in [0.2, 0.25) is 5.02 Å². The molecule has 0 saturated carbocycles. The normalized spacial score (nSPS) is 17.9. The van der Waals surface area contributed by atoms with Gasteiger partial charge in [-0.15, -0.1) is 0 Å². The first kappa shape index (κ1) is 14.8. The number of anilines is 1.